The van der Waals surface area contributed by atoms with Gasteiger partial charge in [-0.1, -0.05) is 34.1 Å². The molecule has 0 aliphatic carbocycles. The summed E-state index contributed by atoms with van der Waals surface area (Å²) in [5.41, 5.74) is 4.76. The number of carbonyl (C=O) groups excluding carboxylic acids is 3. The van der Waals surface area contributed by atoms with Crippen LogP contribution in [-0.4, -0.2) is 24.4 Å². The number of halogens is 1. The largest absolute Gasteiger partial charge is 0.486 e. The second-order valence-corrected chi connectivity index (χ2v) is 6.87. The fourth-order valence-electron chi connectivity index (χ4n) is 2.27. The first-order valence-corrected chi connectivity index (χ1v) is 9.59. The van der Waals surface area contributed by atoms with E-state index in [4.69, 9.17) is 13.9 Å². The molecule has 1 heterocycles. The van der Waals surface area contributed by atoms with Gasteiger partial charge in [0.15, 0.2) is 6.61 Å². The van der Waals surface area contributed by atoms with Crippen LogP contribution in [0.3, 0.4) is 0 Å². The standard InChI is InChI=1S/C21H17BrN2O6/c22-15-8-6-14(7-9-15)20(26)24-23-19(25)13-29-21(27)18-11-10-17(30-18)12-28-16-4-2-1-3-5-16/h1-11H,12-13H2,(H,23,25)(H,24,26). The zero-order valence-corrected chi connectivity index (χ0v) is 17.2. The van der Waals surface area contributed by atoms with Gasteiger partial charge >= 0.3 is 5.97 Å². The van der Waals surface area contributed by atoms with Gasteiger partial charge in [0.2, 0.25) is 5.76 Å². The van der Waals surface area contributed by atoms with Crippen LogP contribution in [0.5, 0.6) is 5.75 Å². The van der Waals surface area contributed by atoms with E-state index in [1.165, 1.54) is 6.07 Å². The van der Waals surface area contributed by atoms with Crippen molar-refractivity contribution < 1.29 is 28.3 Å². The van der Waals surface area contributed by atoms with Gasteiger partial charge in [-0.2, -0.15) is 0 Å². The second kappa shape index (κ2) is 10.3. The molecule has 2 N–H and O–H groups in total. The van der Waals surface area contributed by atoms with E-state index >= 15 is 0 Å². The van der Waals surface area contributed by atoms with Crippen LogP contribution in [0.25, 0.3) is 0 Å². The van der Waals surface area contributed by atoms with Crippen molar-refractivity contribution in [2.45, 2.75) is 6.61 Å². The molecule has 2 aromatic carbocycles. The lowest BCUT2D eigenvalue weighted by atomic mass is 10.2. The Morgan fingerprint density at radius 3 is 2.37 bits per heavy atom. The van der Waals surface area contributed by atoms with Crippen molar-refractivity contribution in [2.24, 2.45) is 0 Å². The van der Waals surface area contributed by atoms with Gasteiger partial charge in [-0.05, 0) is 48.5 Å². The molecule has 0 bridgehead atoms. The molecular weight excluding hydrogens is 456 g/mol. The fraction of sp³-hybridized carbons (Fsp3) is 0.0952. The van der Waals surface area contributed by atoms with Crippen molar-refractivity contribution in [1.82, 2.24) is 10.9 Å². The molecular formula is C21H17BrN2O6. The first kappa shape index (κ1) is 21.1. The molecule has 0 unspecified atom stereocenters. The summed E-state index contributed by atoms with van der Waals surface area (Å²) in [6.45, 7) is -0.449. The third-order valence-corrected chi connectivity index (χ3v) is 4.27. The van der Waals surface area contributed by atoms with Crippen molar-refractivity contribution in [3.8, 4) is 5.75 Å². The number of carbonyl (C=O) groups is 3. The number of esters is 1. The van der Waals surface area contributed by atoms with Crippen LogP contribution < -0.4 is 15.6 Å². The van der Waals surface area contributed by atoms with E-state index in [9.17, 15) is 14.4 Å². The second-order valence-electron chi connectivity index (χ2n) is 5.95. The number of ether oxygens (including phenoxy) is 2. The number of hydrogen-bond donors (Lipinski definition) is 2. The maximum atomic E-state index is 12.0. The lowest BCUT2D eigenvalue weighted by Crippen LogP contribution is -2.43. The van der Waals surface area contributed by atoms with E-state index in [-0.39, 0.29) is 12.4 Å². The molecule has 0 fully saturated rings. The number of furan rings is 1. The van der Waals surface area contributed by atoms with Crippen LogP contribution in [0.2, 0.25) is 0 Å². The summed E-state index contributed by atoms with van der Waals surface area (Å²) in [5.74, 6) is -0.982. The van der Waals surface area contributed by atoms with E-state index in [0.29, 0.717) is 17.1 Å². The molecule has 3 rings (SSSR count). The number of amides is 2. The Morgan fingerprint density at radius 2 is 1.63 bits per heavy atom. The highest BCUT2D eigenvalue weighted by atomic mass is 79.9. The summed E-state index contributed by atoms with van der Waals surface area (Å²) in [4.78, 5) is 35.7. The first-order chi connectivity index (χ1) is 14.5. The minimum atomic E-state index is -0.810. The number of rotatable bonds is 7. The van der Waals surface area contributed by atoms with Crippen LogP contribution >= 0.6 is 15.9 Å². The highest BCUT2D eigenvalue weighted by Gasteiger charge is 2.15. The maximum Gasteiger partial charge on any atom is 0.374 e. The van der Waals surface area contributed by atoms with Gasteiger partial charge in [0.1, 0.15) is 18.1 Å². The van der Waals surface area contributed by atoms with Crippen LogP contribution in [0, 0.1) is 0 Å². The molecule has 0 aliphatic heterocycles. The summed E-state index contributed by atoms with van der Waals surface area (Å²) in [6.07, 6.45) is 0. The SMILES string of the molecule is O=C(COC(=O)c1ccc(COc2ccccc2)o1)NNC(=O)c1ccc(Br)cc1. The van der Waals surface area contributed by atoms with Crippen molar-refractivity contribution >= 4 is 33.7 Å². The van der Waals surface area contributed by atoms with E-state index < -0.39 is 24.4 Å². The smallest absolute Gasteiger partial charge is 0.374 e. The molecule has 0 atom stereocenters. The molecule has 0 saturated carbocycles. The minimum absolute atomic E-state index is 0.0617. The Labute approximate surface area is 180 Å². The van der Waals surface area contributed by atoms with Crippen LogP contribution in [-0.2, 0) is 16.1 Å². The van der Waals surface area contributed by atoms with E-state index in [1.807, 2.05) is 18.2 Å². The lowest BCUT2D eigenvalue weighted by molar-refractivity contribution is -0.125. The minimum Gasteiger partial charge on any atom is -0.486 e. The Balaban J connectivity index is 1.40. The van der Waals surface area contributed by atoms with E-state index in [1.54, 1.807) is 42.5 Å². The van der Waals surface area contributed by atoms with Gasteiger partial charge in [-0.3, -0.25) is 20.4 Å². The lowest BCUT2D eigenvalue weighted by Gasteiger charge is -2.07. The third kappa shape index (κ3) is 6.21. The van der Waals surface area contributed by atoms with Crippen LogP contribution in [0.4, 0.5) is 0 Å². The normalized spacial score (nSPS) is 10.2. The van der Waals surface area contributed by atoms with E-state index in [0.717, 1.165) is 4.47 Å². The average molecular weight is 473 g/mol. The summed E-state index contributed by atoms with van der Waals surface area (Å²) in [5, 5.41) is 0. The van der Waals surface area contributed by atoms with Crippen molar-refractivity contribution in [2.75, 3.05) is 6.61 Å². The van der Waals surface area contributed by atoms with Crippen molar-refractivity contribution in [3.63, 3.8) is 0 Å². The molecule has 2 amide bonds. The highest BCUT2D eigenvalue weighted by molar-refractivity contribution is 9.10. The fourth-order valence-corrected chi connectivity index (χ4v) is 2.54. The average Bonchev–Trinajstić information content (AvgIpc) is 3.25. The topological polar surface area (TPSA) is 107 Å². The number of hydrogen-bond acceptors (Lipinski definition) is 6. The summed E-state index contributed by atoms with van der Waals surface area (Å²) < 4.78 is 16.6. The molecule has 3 aromatic rings. The molecule has 0 aliphatic rings. The number of nitrogens with one attached hydrogen (secondary N) is 2. The summed E-state index contributed by atoms with van der Waals surface area (Å²) in [7, 11) is 0. The zero-order valence-electron chi connectivity index (χ0n) is 15.6. The van der Waals surface area contributed by atoms with E-state index in [2.05, 4.69) is 26.8 Å². The third-order valence-electron chi connectivity index (χ3n) is 3.74. The molecule has 8 nitrogen and oxygen atoms in total. The summed E-state index contributed by atoms with van der Waals surface area (Å²) in [6, 6.07) is 18.7. The molecule has 1 aromatic heterocycles. The van der Waals surface area contributed by atoms with Gasteiger partial charge in [-0.25, -0.2) is 4.79 Å². The Morgan fingerprint density at radius 1 is 0.900 bits per heavy atom. The van der Waals surface area contributed by atoms with Crippen molar-refractivity contribution in [3.05, 3.63) is 88.3 Å². The Hall–Kier alpha value is -3.59. The predicted octanol–water partition coefficient (Wildman–Crippen LogP) is 3.24. The van der Waals surface area contributed by atoms with Gasteiger partial charge in [0.05, 0.1) is 0 Å². The number of benzene rings is 2. The van der Waals surface area contributed by atoms with Gasteiger partial charge in [0, 0.05) is 10.0 Å². The summed E-state index contributed by atoms with van der Waals surface area (Å²) >= 11 is 3.27. The number of hydrazine groups is 1. The van der Waals surface area contributed by atoms with Crippen LogP contribution in [0.15, 0.2) is 75.6 Å². The molecule has 30 heavy (non-hydrogen) atoms. The highest BCUT2D eigenvalue weighted by Crippen LogP contribution is 2.14. The van der Waals surface area contributed by atoms with Crippen LogP contribution in [0.1, 0.15) is 26.7 Å². The van der Waals surface area contributed by atoms with Crippen molar-refractivity contribution in [1.29, 1.82) is 0 Å². The zero-order chi connectivity index (χ0) is 21.3. The molecule has 9 heteroatoms. The molecule has 0 saturated heterocycles. The Kier molecular flexibility index (Phi) is 7.23. The van der Waals surface area contributed by atoms with Gasteiger partial charge in [0.25, 0.3) is 11.8 Å². The Bertz CT molecular complexity index is 1020. The molecule has 0 radical (unpaired) electrons. The predicted molar refractivity (Wildman–Crippen MR) is 110 cm³/mol. The number of para-hydroxylation sites is 1. The monoisotopic (exact) mass is 472 g/mol. The maximum absolute atomic E-state index is 12.0. The quantitative estimate of drug-likeness (QED) is 0.403. The molecule has 0 spiro atoms. The first-order valence-electron chi connectivity index (χ1n) is 8.80. The van der Waals surface area contributed by atoms with Gasteiger partial charge < -0.3 is 13.9 Å². The van der Waals surface area contributed by atoms with Gasteiger partial charge in [-0.15, -0.1) is 0 Å². The molecule has 154 valence electrons.